The molecule has 0 spiro atoms. The number of hydrogen-bond donors (Lipinski definition) is 1. The molecule has 31 heavy (non-hydrogen) atoms. The highest BCUT2D eigenvalue weighted by atomic mass is 79.9. The van der Waals surface area contributed by atoms with Crippen molar-refractivity contribution in [1.82, 2.24) is 14.8 Å². The Morgan fingerprint density at radius 3 is 2.81 bits per heavy atom. The standard InChI is InChI=1S/C21H14BrF3N4OS/c1-10-18-14(11-3-2-4-12(7-11)21(23,24)25)9-17(30)27-19(18)29(28-10)20-26-15-6-5-13(22)8-16(15)31-20/h2-8,14H,9H2,1H3,(H,27,30). The SMILES string of the molecule is Cc1nn(-c2nc3ccc(Br)cc3s2)c2c1C(c1cccc(C(F)(F)F)c1)CC(=O)N2. The molecule has 0 fully saturated rings. The Hall–Kier alpha value is -2.72. The summed E-state index contributed by atoms with van der Waals surface area (Å²) in [4.78, 5) is 17.1. The van der Waals surface area contributed by atoms with Gasteiger partial charge in [-0.05, 0) is 36.8 Å². The van der Waals surface area contributed by atoms with Crippen LogP contribution >= 0.6 is 27.3 Å². The van der Waals surface area contributed by atoms with Crippen LogP contribution in [0.1, 0.15) is 34.7 Å². The fourth-order valence-corrected chi connectivity index (χ4v) is 5.35. The van der Waals surface area contributed by atoms with Gasteiger partial charge in [-0.1, -0.05) is 45.5 Å². The van der Waals surface area contributed by atoms with Gasteiger partial charge in [-0.3, -0.25) is 4.79 Å². The molecule has 2 aromatic heterocycles. The van der Waals surface area contributed by atoms with Crippen LogP contribution in [0, 0.1) is 6.92 Å². The summed E-state index contributed by atoms with van der Waals surface area (Å²) >= 11 is 4.86. The molecule has 0 saturated carbocycles. The highest BCUT2D eigenvalue weighted by molar-refractivity contribution is 9.10. The molecule has 1 aliphatic heterocycles. The van der Waals surface area contributed by atoms with Crippen molar-refractivity contribution >= 4 is 49.2 Å². The summed E-state index contributed by atoms with van der Waals surface area (Å²) in [6.07, 6.45) is -4.40. The zero-order valence-electron chi connectivity index (χ0n) is 16.0. The summed E-state index contributed by atoms with van der Waals surface area (Å²) in [5, 5.41) is 7.99. The number of anilines is 1. The third kappa shape index (κ3) is 3.53. The number of amides is 1. The number of rotatable bonds is 2. The first-order valence-corrected chi connectivity index (χ1v) is 10.9. The number of carbonyl (C=O) groups is 1. The minimum atomic E-state index is -4.45. The highest BCUT2D eigenvalue weighted by Crippen LogP contribution is 2.42. The van der Waals surface area contributed by atoms with Gasteiger partial charge in [0.25, 0.3) is 0 Å². The molecule has 158 valence electrons. The summed E-state index contributed by atoms with van der Waals surface area (Å²) < 4.78 is 43.1. The van der Waals surface area contributed by atoms with Gasteiger partial charge < -0.3 is 5.32 Å². The van der Waals surface area contributed by atoms with E-state index in [4.69, 9.17) is 0 Å². The molecule has 0 bridgehead atoms. The molecule has 1 atom stereocenters. The Bertz CT molecular complexity index is 1340. The second-order valence-electron chi connectivity index (χ2n) is 7.30. The lowest BCUT2D eigenvalue weighted by atomic mass is 9.85. The number of nitrogens with one attached hydrogen (secondary N) is 1. The monoisotopic (exact) mass is 506 g/mol. The van der Waals surface area contributed by atoms with Crippen LogP contribution in [0.25, 0.3) is 15.3 Å². The zero-order chi connectivity index (χ0) is 21.9. The summed E-state index contributed by atoms with van der Waals surface area (Å²) in [6, 6.07) is 10.8. The largest absolute Gasteiger partial charge is 0.416 e. The molecule has 0 aliphatic carbocycles. The van der Waals surface area contributed by atoms with Crippen molar-refractivity contribution in [1.29, 1.82) is 0 Å². The Balaban J connectivity index is 1.65. The van der Waals surface area contributed by atoms with Gasteiger partial charge in [-0.25, -0.2) is 4.98 Å². The van der Waals surface area contributed by atoms with Gasteiger partial charge in [0.1, 0.15) is 5.82 Å². The van der Waals surface area contributed by atoms with E-state index in [0.717, 1.165) is 26.8 Å². The van der Waals surface area contributed by atoms with Crippen molar-refractivity contribution in [2.75, 3.05) is 5.32 Å². The van der Waals surface area contributed by atoms with Crippen LogP contribution in [0.4, 0.5) is 19.0 Å². The molecular weight excluding hydrogens is 493 g/mol. The molecule has 5 nitrogen and oxygen atoms in total. The minimum absolute atomic E-state index is 0.0492. The second kappa shape index (κ2) is 7.16. The van der Waals surface area contributed by atoms with Gasteiger partial charge in [0, 0.05) is 22.4 Å². The van der Waals surface area contributed by atoms with E-state index in [-0.39, 0.29) is 12.3 Å². The van der Waals surface area contributed by atoms with Crippen molar-refractivity contribution < 1.29 is 18.0 Å². The van der Waals surface area contributed by atoms with E-state index in [0.29, 0.717) is 27.8 Å². The number of carbonyl (C=O) groups excluding carboxylic acids is 1. The number of fused-ring (bicyclic) bond motifs is 2. The normalized spacial score (nSPS) is 16.4. The molecule has 10 heteroatoms. The number of aromatic nitrogens is 3. The lowest BCUT2D eigenvalue weighted by Crippen LogP contribution is -2.25. The molecule has 1 unspecified atom stereocenters. The van der Waals surface area contributed by atoms with Crippen LogP contribution in [0.2, 0.25) is 0 Å². The van der Waals surface area contributed by atoms with Crippen LogP contribution in [-0.4, -0.2) is 20.7 Å². The van der Waals surface area contributed by atoms with Crippen LogP contribution in [-0.2, 0) is 11.0 Å². The number of hydrogen-bond acceptors (Lipinski definition) is 4. The van der Waals surface area contributed by atoms with E-state index < -0.39 is 17.7 Å². The van der Waals surface area contributed by atoms with Gasteiger partial charge in [0.05, 0.1) is 21.5 Å². The topological polar surface area (TPSA) is 59.8 Å². The van der Waals surface area contributed by atoms with Crippen LogP contribution in [0.3, 0.4) is 0 Å². The van der Waals surface area contributed by atoms with E-state index in [1.54, 1.807) is 17.7 Å². The zero-order valence-corrected chi connectivity index (χ0v) is 18.4. The number of halogens is 4. The van der Waals surface area contributed by atoms with E-state index >= 15 is 0 Å². The maximum Gasteiger partial charge on any atom is 0.416 e. The fraction of sp³-hybridized carbons (Fsp3) is 0.190. The molecule has 1 N–H and O–H groups in total. The maximum absolute atomic E-state index is 13.2. The lowest BCUT2D eigenvalue weighted by molar-refractivity contribution is -0.137. The maximum atomic E-state index is 13.2. The Morgan fingerprint density at radius 2 is 2.03 bits per heavy atom. The number of alkyl halides is 3. The molecule has 0 radical (unpaired) electrons. The fourth-order valence-electron chi connectivity index (χ4n) is 3.88. The van der Waals surface area contributed by atoms with Crippen molar-refractivity contribution in [2.45, 2.75) is 25.4 Å². The van der Waals surface area contributed by atoms with Gasteiger partial charge in [-0.15, -0.1) is 0 Å². The predicted octanol–water partition coefficient (Wildman–Crippen LogP) is 6.05. The third-order valence-corrected chi connectivity index (χ3v) is 6.73. The quantitative estimate of drug-likeness (QED) is 0.360. The molecule has 4 aromatic rings. The van der Waals surface area contributed by atoms with Gasteiger partial charge in [-0.2, -0.15) is 23.0 Å². The Kier molecular flexibility index (Phi) is 4.67. The number of benzene rings is 2. The van der Waals surface area contributed by atoms with E-state index in [9.17, 15) is 18.0 Å². The first kappa shape index (κ1) is 20.2. The molecule has 5 rings (SSSR count). The molecular formula is C21H14BrF3N4OS. The van der Waals surface area contributed by atoms with Gasteiger partial charge in [0.15, 0.2) is 0 Å². The summed E-state index contributed by atoms with van der Waals surface area (Å²) in [5.74, 6) is -0.350. The summed E-state index contributed by atoms with van der Waals surface area (Å²) in [6.45, 7) is 1.79. The first-order valence-electron chi connectivity index (χ1n) is 9.33. The smallest absolute Gasteiger partial charge is 0.310 e. The number of nitrogens with zero attached hydrogens (tertiary/aromatic N) is 3. The Morgan fingerprint density at radius 1 is 1.23 bits per heavy atom. The average molecular weight is 507 g/mol. The molecule has 0 saturated heterocycles. The van der Waals surface area contributed by atoms with E-state index in [1.165, 1.54) is 17.4 Å². The molecule has 1 amide bonds. The van der Waals surface area contributed by atoms with Crippen LogP contribution in [0.15, 0.2) is 46.9 Å². The van der Waals surface area contributed by atoms with E-state index in [1.807, 2.05) is 18.2 Å². The lowest BCUT2D eigenvalue weighted by Gasteiger charge is -2.24. The third-order valence-electron chi connectivity index (χ3n) is 5.24. The minimum Gasteiger partial charge on any atom is -0.310 e. The second-order valence-corrected chi connectivity index (χ2v) is 9.22. The van der Waals surface area contributed by atoms with Gasteiger partial charge in [0.2, 0.25) is 11.0 Å². The molecule has 2 aromatic carbocycles. The van der Waals surface area contributed by atoms with Gasteiger partial charge >= 0.3 is 6.18 Å². The highest BCUT2D eigenvalue weighted by Gasteiger charge is 2.35. The van der Waals surface area contributed by atoms with Crippen LogP contribution in [0.5, 0.6) is 0 Å². The van der Waals surface area contributed by atoms with E-state index in [2.05, 4.69) is 31.3 Å². The van der Waals surface area contributed by atoms with Crippen LogP contribution < -0.4 is 5.32 Å². The average Bonchev–Trinajstić information content (AvgIpc) is 3.27. The number of thiazole rings is 1. The summed E-state index contributed by atoms with van der Waals surface area (Å²) in [5.41, 5.74) is 1.83. The van der Waals surface area contributed by atoms with Crippen molar-refractivity contribution in [3.05, 3.63) is 69.3 Å². The molecule has 1 aliphatic rings. The molecule has 3 heterocycles. The van der Waals surface area contributed by atoms with Crippen molar-refractivity contribution in [3.63, 3.8) is 0 Å². The predicted molar refractivity (Wildman–Crippen MR) is 116 cm³/mol. The number of aryl methyl sites for hydroxylation is 1. The van der Waals surface area contributed by atoms with Crippen molar-refractivity contribution in [2.24, 2.45) is 0 Å². The first-order chi connectivity index (χ1) is 14.7. The summed E-state index contributed by atoms with van der Waals surface area (Å²) in [7, 11) is 0. The Labute approximate surface area is 187 Å². The van der Waals surface area contributed by atoms with Crippen molar-refractivity contribution in [3.8, 4) is 5.13 Å².